The average molecular weight is 226 g/mol. The fourth-order valence-electron chi connectivity index (χ4n) is 1.02. The van der Waals surface area contributed by atoms with E-state index in [0.717, 1.165) is 15.0 Å². The molecule has 0 unspecified atom stereocenters. The Kier molecular flexibility index (Phi) is 3.01. The maximum atomic E-state index is 5.79. The molecule has 2 aromatic heterocycles. The molecule has 0 spiro atoms. The summed E-state index contributed by atoms with van der Waals surface area (Å²) in [5.74, 6) is 0.775. The van der Waals surface area contributed by atoms with Gasteiger partial charge in [0, 0.05) is 11.1 Å². The third-order valence-electron chi connectivity index (χ3n) is 1.64. The number of hydrogen-bond acceptors (Lipinski definition) is 3. The van der Waals surface area contributed by atoms with Gasteiger partial charge in [-0.15, -0.1) is 11.3 Å². The molecule has 72 valence electrons. The first-order valence-electron chi connectivity index (χ1n) is 4.11. The van der Waals surface area contributed by atoms with Gasteiger partial charge in [-0.05, 0) is 24.3 Å². The van der Waals surface area contributed by atoms with Gasteiger partial charge >= 0.3 is 0 Å². The molecule has 2 rings (SSSR count). The van der Waals surface area contributed by atoms with Gasteiger partial charge in [0.2, 0.25) is 0 Å². The molecule has 2 heterocycles. The molecule has 0 radical (unpaired) electrons. The fraction of sp³-hybridized carbons (Fsp3) is 0.100. The van der Waals surface area contributed by atoms with Crippen molar-refractivity contribution in [1.82, 2.24) is 4.98 Å². The van der Waals surface area contributed by atoms with Crippen molar-refractivity contribution in [2.75, 3.05) is 0 Å². The lowest BCUT2D eigenvalue weighted by molar-refractivity contribution is 0.308. The molecule has 14 heavy (non-hydrogen) atoms. The van der Waals surface area contributed by atoms with Gasteiger partial charge in [0.1, 0.15) is 12.4 Å². The van der Waals surface area contributed by atoms with Crippen LogP contribution in [0.15, 0.2) is 36.7 Å². The first kappa shape index (κ1) is 9.49. The fourth-order valence-corrected chi connectivity index (χ4v) is 2.02. The van der Waals surface area contributed by atoms with Crippen LogP contribution in [0, 0.1) is 0 Å². The lowest BCUT2D eigenvalue weighted by Gasteiger charge is -2.02. The molecule has 2 aromatic rings. The van der Waals surface area contributed by atoms with E-state index in [4.69, 9.17) is 16.3 Å². The van der Waals surface area contributed by atoms with Crippen molar-refractivity contribution in [3.63, 3.8) is 0 Å². The third kappa shape index (κ3) is 2.47. The van der Waals surface area contributed by atoms with Crippen molar-refractivity contribution in [2.24, 2.45) is 0 Å². The summed E-state index contributed by atoms with van der Waals surface area (Å²) in [5, 5.41) is 0. The van der Waals surface area contributed by atoms with Crippen LogP contribution in [0.5, 0.6) is 5.75 Å². The summed E-state index contributed by atoms with van der Waals surface area (Å²) >= 11 is 7.32. The Labute approximate surface area is 91.1 Å². The quantitative estimate of drug-likeness (QED) is 0.799. The van der Waals surface area contributed by atoms with Gasteiger partial charge in [0.05, 0.1) is 10.5 Å². The van der Waals surface area contributed by atoms with Gasteiger partial charge in [-0.2, -0.15) is 0 Å². The monoisotopic (exact) mass is 225 g/mol. The second kappa shape index (κ2) is 4.44. The molecule has 0 aromatic carbocycles. The maximum absolute atomic E-state index is 5.79. The highest BCUT2D eigenvalue weighted by Crippen LogP contribution is 2.22. The first-order chi connectivity index (χ1) is 6.84. The van der Waals surface area contributed by atoms with E-state index < -0.39 is 0 Å². The lowest BCUT2D eigenvalue weighted by atomic mass is 10.4. The van der Waals surface area contributed by atoms with Crippen molar-refractivity contribution in [3.05, 3.63) is 45.9 Å². The van der Waals surface area contributed by atoms with Crippen molar-refractivity contribution in [1.29, 1.82) is 0 Å². The number of pyridine rings is 1. The number of aromatic nitrogens is 1. The molecule has 2 nitrogen and oxygen atoms in total. The van der Waals surface area contributed by atoms with Gasteiger partial charge in [-0.1, -0.05) is 11.6 Å². The van der Waals surface area contributed by atoms with E-state index in [1.54, 1.807) is 12.4 Å². The number of thiophene rings is 1. The van der Waals surface area contributed by atoms with Crippen molar-refractivity contribution in [2.45, 2.75) is 6.61 Å². The summed E-state index contributed by atoms with van der Waals surface area (Å²) in [6.45, 7) is 0.545. The van der Waals surface area contributed by atoms with E-state index in [0.29, 0.717) is 6.61 Å². The van der Waals surface area contributed by atoms with E-state index in [1.807, 2.05) is 24.3 Å². The van der Waals surface area contributed by atoms with Crippen LogP contribution in [-0.2, 0) is 6.61 Å². The second-order valence-corrected chi connectivity index (χ2v) is 4.48. The van der Waals surface area contributed by atoms with E-state index in [9.17, 15) is 0 Å². The van der Waals surface area contributed by atoms with Crippen LogP contribution in [0.2, 0.25) is 4.34 Å². The van der Waals surface area contributed by atoms with Crippen molar-refractivity contribution >= 4 is 22.9 Å². The van der Waals surface area contributed by atoms with Gasteiger partial charge in [-0.3, -0.25) is 4.98 Å². The minimum atomic E-state index is 0.545. The zero-order chi connectivity index (χ0) is 9.80. The molecule has 0 bridgehead atoms. The molecular formula is C10H8ClNOS. The van der Waals surface area contributed by atoms with Gasteiger partial charge < -0.3 is 4.74 Å². The van der Waals surface area contributed by atoms with Crippen LogP contribution in [0.1, 0.15) is 4.88 Å². The number of halogens is 1. The molecule has 4 heteroatoms. The zero-order valence-electron chi connectivity index (χ0n) is 7.31. The molecule has 0 amide bonds. The van der Waals surface area contributed by atoms with Gasteiger partial charge in [-0.25, -0.2) is 0 Å². The maximum Gasteiger partial charge on any atom is 0.138 e. The average Bonchev–Trinajstić information content (AvgIpc) is 2.63. The van der Waals surface area contributed by atoms with Crippen LogP contribution in [0.25, 0.3) is 0 Å². The van der Waals surface area contributed by atoms with Crippen LogP contribution < -0.4 is 4.74 Å². The number of ether oxygens (including phenoxy) is 1. The second-order valence-electron chi connectivity index (χ2n) is 2.68. The summed E-state index contributed by atoms with van der Waals surface area (Å²) in [6, 6.07) is 7.55. The van der Waals surface area contributed by atoms with E-state index in [2.05, 4.69) is 4.98 Å². The molecule has 0 saturated heterocycles. The third-order valence-corrected chi connectivity index (χ3v) is 2.85. The van der Waals surface area contributed by atoms with Gasteiger partial charge in [0.15, 0.2) is 0 Å². The number of hydrogen-bond donors (Lipinski definition) is 0. The summed E-state index contributed by atoms with van der Waals surface area (Å²) in [6.07, 6.45) is 3.41. The Balaban J connectivity index is 1.95. The lowest BCUT2D eigenvalue weighted by Crippen LogP contribution is -1.92. The summed E-state index contributed by atoms with van der Waals surface area (Å²) in [5.41, 5.74) is 0. The van der Waals surface area contributed by atoms with E-state index in [-0.39, 0.29) is 0 Å². The predicted molar refractivity (Wildman–Crippen MR) is 57.9 cm³/mol. The number of rotatable bonds is 3. The molecule has 0 N–H and O–H groups in total. The van der Waals surface area contributed by atoms with Crippen molar-refractivity contribution < 1.29 is 4.74 Å². The predicted octanol–water partition coefficient (Wildman–Crippen LogP) is 3.38. The van der Waals surface area contributed by atoms with E-state index >= 15 is 0 Å². The molecule has 0 aliphatic rings. The molecule has 0 fully saturated rings. The zero-order valence-corrected chi connectivity index (χ0v) is 8.89. The van der Waals surface area contributed by atoms with Crippen LogP contribution in [0.4, 0.5) is 0 Å². The minimum absolute atomic E-state index is 0.545. The topological polar surface area (TPSA) is 22.1 Å². The SMILES string of the molecule is Clc1ccc(COc2cccnc2)s1. The smallest absolute Gasteiger partial charge is 0.138 e. The first-order valence-corrected chi connectivity index (χ1v) is 5.31. The van der Waals surface area contributed by atoms with Crippen LogP contribution in [-0.4, -0.2) is 4.98 Å². The Hall–Kier alpha value is -1.06. The Morgan fingerprint density at radius 1 is 1.36 bits per heavy atom. The van der Waals surface area contributed by atoms with Crippen LogP contribution in [0.3, 0.4) is 0 Å². The summed E-state index contributed by atoms with van der Waals surface area (Å²) in [4.78, 5) is 5.06. The highest BCUT2D eigenvalue weighted by atomic mass is 35.5. The highest BCUT2D eigenvalue weighted by molar-refractivity contribution is 7.16. The summed E-state index contributed by atoms with van der Waals surface area (Å²) in [7, 11) is 0. The Morgan fingerprint density at radius 2 is 2.29 bits per heavy atom. The van der Waals surface area contributed by atoms with E-state index in [1.165, 1.54) is 11.3 Å². The standard InChI is InChI=1S/C10H8ClNOS/c11-10-4-3-9(14-10)7-13-8-2-1-5-12-6-8/h1-6H,7H2. The Morgan fingerprint density at radius 3 is 2.93 bits per heavy atom. The van der Waals surface area contributed by atoms with Crippen LogP contribution >= 0.6 is 22.9 Å². The normalized spacial score (nSPS) is 10.1. The molecule has 0 saturated carbocycles. The Bertz CT molecular complexity index is 402. The highest BCUT2D eigenvalue weighted by Gasteiger charge is 1.98. The summed E-state index contributed by atoms with van der Waals surface area (Å²) < 4.78 is 6.28. The molecule has 0 aliphatic heterocycles. The number of nitrogens with zero attached hydrogens (tertiary/aromatic N) is 1. The van der Waals surface area contributed by atoms with Gasteiger partial charge in [0.25, 0.3) is 0 Å². The minimum Gasteiger partial charge on any atom is -0.486 e. The molecular weight excluding hydrogens is 218 g/mol. The molecule has 0 atom stereocenters. The van der Waals surface area contributed by atoms with Crippen molar-refractivity contribution in [3.8, 4) is 5.75 Å². The molecule has 0 aliphatic carbocycles. The largest absolute Gasteiger partial charge is 0.486 e.